The second-order valence-corrected chi connectivity index (χ2v) is 9.45. The first kappa shape index (κ1) is 23.0. The van der Waals surface area contributed by atoms with Crippen LogP contribution in [0.5, 0.6) is 5.75 Å². The minimum absolute atomic E-state index is 0.0377. The van der Waals surface area contributed by atoms with E-state index in [-0.39, 0.29) is 11.4 Å². The Bertz CT molecular complexity index is 943. The van der Waals surface area contributed by atoms with Crippen LogP contribution in [0, 0.1) is 0 Å². The van der Waals surface area contributed by atoms with Gasteiger partial charge in [0, 0.05) is 10.6 Å². The van der Waals surface area contributed by atoms with Crippen LogP contribution in [0.25, 0.3) is 0 Å². The Balaban J connectivity index is 2.51. The van der Waals surface area contributed by atoms with E-state index >= 15 is 0 Å². The standard InChI is InChI=1S/C21H27ClN2O4S/c1-5-21(3,4)23-20(25)15-24(18-9-7-8-10-19(18)28-6-2)29(26,27)17-13-11-16(22)12-14-17/h7-14H,5-6,15H2,1-4H3,(H,23,25). The van der Waals surface area contributed by atoms with Crippen LogP contribution in [0.4, 0.5) is 5.69 Å². The van der Waals surface area contributed by atoms with Crippen molar-refractivity contribution in [2.45, 2.75) is 44.6 Å². The molecule has 0 saturated carbocycles. The topological polar surface area (TPSA) is 75.7 Å². The number of hydrogen-bond donors (Lipinski definition) is 1. The van der Waals surface area contributed by atoms with Gasteiger partial charge >= 0.3 is 0 Å². The highest BCUT2D eigenvalue weighted by Gasteiger charge is 2.30. The van der Waals surface area contributed by atoms with E-state index < -0.39 is 21.5 Å². The first-order valence-electron chi connectivity index (χ1n) is 9.42. The van der Waals surface area contributed by atoms with Gasteiger partial charge in [0.05, 0.1) is 17.2 Å². The summed E-state index contributed by atoms with van der Waals surface area (Å²) in [5, 5.41) is 3.31. The van der Waals surface area contributed by atoms with Gasteiger partial charge in [-0.1, -0.05) is 30.7 Å². The van der Waals surface area contributed by atoms with Gasteiger partial charge in [0.25, 0.3) is 10.0 Å². The maximum atomic E-state index is 13.4. The molecule has 6 nitrogen and oxygen atoms in total. The first-order valence-corrected chi connectivity index (χ1v) is 11.2. The fraction of sp³-hybridized carbons (Fsp3) is 0.381. The molecule has 0 unspecified atom stereocenters. The van der Waals surface area contributed by atoms with Gasteiger partial charge in [-0.3, -0.25) is 9.10 Å². The largest absolute Gasteiger partial charge is 0.492 e. The summed E-state index contributed by atoms with van der Waals surface area (Å²) >= 11 is 5.91. The molecule has 158 valence electrons. The van der Waals surface area contributed by atoms with Crippen LogP contribution in [-0.4, -0.2) is 33.0 Å². The van der Waals surface area contributed by atoms with Crippen molar-refractivity contribution in [2.75, 3.05) is 17.5 Å². The maximum absolute atomic E-state index is 13.4. The molecule has 2 aromatic carbocycles. The molecule has 0 atom stereocenters. The number of ether oxygens (including phenoxy) is 1. The third-order valence-electron chi connectivity index (χ3n) is 4.48. The second kappa shape index (κ2) is 9.50. The van der Waals surface area contributed by atoms with Crippen LogP contribution < -0.4 is 14.4 Å². The molecule has 0 radical (unpaired) electrons. The highest BCUT2D eigenvalue weighted by molar-refractivity contribution is 7.92. The molecule has 1 amide bonds. The number of carbonyl (C=O) groups is 1. The molecule has 2 rings (SSSR count). The van der Waals surface area contributed by atoms with Crippen LogP contribution >= 0.6 is 11.6 Å². The third-order valence-corrected chi connectivity index (χ3v) is 6.51. The summed E-state index contributed by atoms with van der Waals surface area (Å²) in [5.41, 5.74) is -0.152. The fourth-order valence-electron chi connectivity index (χ4n) is 2.61. The van der Waals surface area contributed by atoms with Gasteiger partial charge in [-0.25, -0.2) is 8.42 Å². The maximum Gasteiger partial charge on any atom is 0.264 e. The Morgan fingerprint density at radius 2 is 1.72 bits per heavy atom. The molecule has 1 N–H and O–H groups in total. The number of anilines is 1. The minimum atomic E-state index is -4.04. The lowest BCUT2D eigenvalue weighted by Crippen LogP contribution is -2.48. The molecular formula is C21H27ClN2O4S. The number of sulfonamides is 1. The van der Waals surface area contributed by atoms with Crippen molar-refractivity contribution in [3.05, 3.63) is 53.6 Å². The molecule has 2 aromatic rings. The van der Waals surface area contributed by atoms with E-state index in [0.29, 0.717) is 29.5 Å². The van der Waals surface area contributed by atoms with E-state index in [1.54, 1.807) is 24.3 Å². The van der Waals surface area contributed by atoms with Gasteiger partial charge in [-0.15, -0.1) is 0 Å². The van der Waals surface area contributed by atoms with E-state index in [1.807, 2.05) is 27.7 Å². The van der Waals surface area contributed by atoms with E-state index in [9.17, 15) is 13.2 Å². The molecule has 0 aliphatic carbocycles. The van der Waals surface area contributed by atoms with Crippen LogP contribution in [0.15, 0.2) is 53.4 Å². The summed E-state index contributed by atoms with van der Waals surface area (Å²) in [4.78, 5) is 12.8. The van der Waals surface area contributed by atoms with Gasteiger partial charge in [0.2, 0.25) is 5.91 Å². The van der Waals surface area contributed by atoms with Crippen LogP contribution in [-0.2, 0) is 14.8 Å². The highest BCUT2D eigenvalue weighted by Crippen LogP contribution is 2.32. The molecule has 0 heterocycles. The van der Waals surface area contributed by atoms with E-state index in [0.717, 1.165) is 4.31 Å². The predicted molar refractivity (Wildman–Crippen MR) is 116 cm³/mol. The summed E-state index contributed by atoms with van der Waals surface area (Å²) in [6.45, 7) is 7.52. The summed E-state index contributed by atoms with van der Waals surface area (Å²) < 4.78 is 33.5. The van der Waals surface area contributed by atoms with Crippen LogP contribution in [0.2, 0.25) is 5.02 Å². The zero-order chi connectivity index (χ0) is 21.7. The lowest BCUT2D eigenvalue weighted by molar-refractivity contribution is -0.121. The van der Waals surface area contributed by atoms with Crippen molar-refractivity contribution in [3.63, 3.8) is 0 Å². The SMILES string of the molecule is CCOc1ccccc1N(CC(=O)NC(C)(C)CC)S(=O)(=O)c1ccc(Cl)cc1. The Labute approximate surface area is 177 Å². The zero-order valence-electron chi connectivity index (χ0n) is 17.1. The average molecular weight is 439 g/mol. The fourth-order valence-corrected chi connectivity index (χ4v) is 4.17. The molecule has 29 heavy (non-hydrogen) atoms. The number of halogens is 1. The minimum Gasteiger partial charge on any atom is -0.492 e. The quantitative estimate of drug-likeness (QED) is 0.635. The third kappa shape index (κ3) is 5.87. The molecule has 0 bridgehead atoms. The van der Waals surface area contributed by atoms with E-state index in [1.165, 1.54) is 24.3 Å². The smallest absolute Gasteiger partial charge is 0.264 e. The Morgan fingerprint density at radius 1 is 1.10 bits per heavy atom. The van der Waals surface area contributed by atoms with Crippen molar-refractivity contribution in [1.82, 2.24) is 5.32 Å². The van der Waals surface area contributed by atoms with E-state index in [2.05, 4.69) is 5.32 Å². The molecule has 0 spiro atoms. The van der Waals surface area contributed by atoms with Gasteiger partial charge in [-0.05, 0) is 63.6 Å². The van der Waals surface area contributed by atoms with Gasteiger partial charge in [0.1, 0.15) is 12.3 Å². The number of para-hydroxylation sites is 2. The Morgan fingerprint density at radius 3 is 2.31 bits per heavy atom. The number of benzene rings is 2. The lowest BCUT2D eigenvalue weighted by atomic mass is 10.0. The zero-order valence-corrected chi connectivity index (χ0v) is 18.7. The normalized spacial score (nSPS) is 11.8. The lowest BCUT2D eigenvalue weighted by Gasteiger charge is -2.29. The van der Waals surface area contributed by atoms with Crippen molar-refractivity contribution >= 4 is 33.2 Å². The number of carbonyl (C=O) groups excluding carboxylic acids is 1. The number of nitrogens with one attached hydrogen (secondary N) is 1. The molecule has 0 aromatic heterocycles. The Kier molecular flexibility index (Phi) is 7.54. The summed E-state index contributed by atoms with van der Waals surface area (Å²) in [5.74, 6) is -0.0178. The summed E-state index contributed by atoms with van der Waals surface area (Å²) in [6, 6.07) is 12.6. The van der Waals surface area contributed by atoms with Crippen LogP contribution in [0.1, 0.15) is 34.1 Å². The molecule has 0 fully saturated rings. The monoisotopic (exact) mass is 438 g/mol. The Hall–Kier alpha value is -2.25. The number of rotatable bonds is 9. The molecule has 0 saturated heterocycles. The second-order valence-electron chi connectivity index (χ2n) is 7.15. The van der Waals surface area contributed by atoms with Crippen molar-refractivity contribution < 1.29 is 17.9 Å². The van der Waals surface area contributed by atoms with Crippen LogP contribution in [0.3, 0.4) is 0 Å². The molecule has 0 aliphatic rings. The molecular weight excluding hydrogens is 412 g/mol. The van der Waals surface area contributed by atoms with Crippen molar-refractivity contribution in [1.29, 1.82) is 0 Å². The molecule has 8 heteroatoms. The van der Waals surface area contributed by atoms with Gasteiger partial charge in [-0.2, -0.15) is 0 Å². The number of hydrogen-bond acceptors (Lipinski definition) is 4. The highest BCUT2D eigenvalue weighted by atomic mass is 35.5. The first-order chi connectivity index (χ1) is 13.6. The van der Waals surface area contributed by atoms with Crippen molar-refractivity contribution in [3.8, 4) is 5.75 Å². The molecule has 0 aliphatic heterocycles. The summed E-state index contributed by atoms with van der Waals surface area (Å²) in [7, 11) is -4.04. The van der Waals surface area contributed by atoms with Crippen molar-refractivity contribution in [2.24, 2.45) is 0 Å². The number of nitrogens with zero attached hydrogens (tertiary/aromatic N) is 1. The number of amides is 1. The van der Waals surface area contributed by atoms with Gasteiger partial charge in [0.15, 0.2) is 0 Å². The van der Waals surface area contributed by atoms with E-state index in [4.69, 9.17) is 16.3 Å². The van der Waals surface area contributed by atoms with Gasteiger partial charge < -0.3 is 10.1 Å². The summed E-state index contributed by atoms with van der Waals surface area (Å²) in [6.07, 6.45) is 0.707. The predicted octanol–water partition coefficient (Wildman–Crippen LogP) is 4.24. The average Bonchev–Trinajstić information content (AvgIpc) is 2.67.